The molecular formula is C20H26ClN3O2S. The van der Waals surface area contributed by atoms with Gasteiger partial charge < -0.3 is 14.5 Å². The molecule has 0 N–H and O–H groups in total. The Bertz CT molecular complexity index is 718. The van der Waals surface area contributed by atoms with Gasteiger partial charge in [-0.3, -0.25) is 4.79 Å². The summed E-state index contributed by atoms with van der Waals surface area (Å²) in [6.07, 6.45) is 4.76. The number of hydrogen-bond donors (Lipinski definition) is 0. The minimum atomic E-state index is -0.172. The molecule has 1 amide bonds. The number of thiazole rings is 1. The van der Waals surface area contributed by atoms with E-state index in [1.807, 2.05) is 10.3 Å². The van der Waals surface area contributed by atoms with Gasteiger partial charge in [-0.1, -0.05) is 30.3 Å². The average molecular weight is 408 g/mol. The number of carbonyl (C=O) groups is 1. The summed E-state index contributed by atoms with van der Waals surface area (Å²) >= 11 is 1.41. The minimum absolute atomic E-state index is 0. The number of piperidine rings is 1. The van der Waals surface area contributed by atoms with Crippen LogP contribution in [-0.4, -0.2) is 65.6 Å². The maximum atomic E-state index is 12.6. The largest absolute Gasteiger partial charge is 0.371 e. The summed E-state index contributed by atoms with van der Waals surface area (Å²) in [6, 6.07) is 10.7. The molecule has 2 saturated heterocycles. The van der Waals surface area contributed by atoms with Crippen molar-refractivity contribution in [3.63, 3.8) is 0 Å². The lowest BCUT2D eigenvalue weighted by Crippen LogP contribution is -2.58. The van der Waals surface area contributed by atoms with Gasteiger partial charge in [0.15, 0.2) is 5.01 Å². The van der Waals surface area contributed by atoms with E-state index in [0.717, 1.165) is 38.9 Å². The van der Waals surface area contributed by atoms with Crippen LogP contribution in [0.1, 0.15) is 28.2 Å². The molecule has 0 aliphatic carbocycles. The van der Waals surface area contributed by atoms with Gasteiger partial charge in [-0.25, -0.2) is 4.98 Å². The van der Waals surface area contributed by atoms with Crippen LogP contribution in [-0.2, 0) is 11.2 Å². The first kappa shape index (κ1) is 20.3. The molecule has 1 aromatic heterocycles. The van der Waals surface area contributed by atoms with Gasteiger partial charge in [-0.2, -0.15) is 0 Å². The molecule has 2 aromatic rings. The van der Waals surface area contributed by atoms with Crippen molar-refractivity contribution in [2.45, 2.75) is 24.9 Å². The standard InChI is InChI=1S/C20H25N3O2S.ClH/c24-19(18-21-9-15-26-18)23-13-14-25-20(16-23)7-11-22(12-8-20)10-6-17-4-2-1-3-5-17;/h1-5,9,15H,6-8,10-14,16H2;1H. The van der Waals surface area contributed by atoms with Crippen LogP contribution < -0.4 is 0 Å². The van der Waals surface area contributed by atoms with E-state index in [4.69, 9.17) is 4.74 Å². The Morgan fingerprint density at radius 2 is 1.96 bits per heavy atom. The van der Waals surface area contributed by atoms with Crippen molar-refractivity contribution in [3.05, 3.63) is 52.5 Å². The Kier molecular flexibility index (Phi) is 6.87. The van der Waals surface area contributed by atoms with Crippen LogP contribution in [0.15, 0.2) is 41.9 Å². The quantitative estimate of drug-likeness (QED) is 0.781. The normalized spacial score (nSPS) is 19.6. The van der Waals surface area contributed by atoms with E-state index < -0.39 is 0 Å². The third kappa shape index (κ3) is 4.88. The molecule has 7 heteroatoms. The summed E-state index contributed by atoms with van der Waals surface area (Å²) in [5, 5.41) is 2.44. The molecule has 2 fully saturated rings. The second-order valence-corrected chi connectivity index (χ2v) is 8.07. The topological polar surface area (TPSA) is 45.7 Å². The first-order chi connectivity index (χ1) is 12.7. The van der Waals surface area contributed by atoms with Crippen molar-refractivity contribution in [2.24, 2.45) is 0 Å². The zero-order chi connectivity index (χ0) is 17.8. The molecule has 1 aromatic carbocycles. The third-order valence-electron chi connectivity index (χ3n) is 5.48. The smallest absolute Gasteiger partial charge is 0.283 e. The fourth-order valence-electron chi connectivity index (χ4n) is 3.90. The lowest BCUT2D eigenvalue weighted by Gasteiger charge is -2.47. The zero-order valence-electron chi connectivity index (χ0n) is 15.4. The highest BCUT2D eigenvalue weighted by molar-refractivity contribution is 7.11. The van der Waals surface area contributed by atoms with Gasteiger partial charge in [0.2, 0.25) is 0 Å². The highest BCUT2D eigenvalue weighted by Gasteiger charge is 2.41. The Hall–Kier alpha value is -1.47. The van der Waals surface area contributed by atoms with Crippen molar-refractivity contribution in [3.8, 4) is 0 Å². The van der Waals surface area contributed by atoms with E-state index in [9.17, 15) is 4.79 Å². The van der Waals surface area contributed by atoms with Crippen molar-refractivity contribution in [1.82, 2.24) is 14.8 Å². The number of carbonyl (C=O) groups excluding carboxylic acids is 1. The maximum absolute atomic E-state index is 12.6. The van der Waals surface area contributed by atoms with Crippen LogP contribution in [0.4, 0.5) is 0 Å². The Morgan fingerprint density at radius 1 is 1.19 bits per heavy atom. The van der Waals surface area contributed by atoms with Crippen molar-refractivity contribution in [1.29, 1.82) is 0 Å². The second kappa shape index (κ2) is 9.15. The predicted octanol–water partition coefficient (Wildman–Crippen LogP) is 3.11. The molecule has 2 aliphatic rings. The molecule has 0 atom stereocenters. The van der Waals surface area contributed by atoms with Gasteiger partial charge in [0.05, 0.1) is 18.8 Å². The number of aromatic nitrogens is 1. The molecule has 4 rings (SSSR count). The first-order valence-corrected chi connectivity index (χ1v) is 10.2. The van der Waals surface area contributed by atoms with Crippen LogP contribution in [0.3, 0.4) is 0 Å². The number of ether oxygens (including phenoxy) is 1. The van der Waals surface area contributed by atoms with E-state index >= 15 is 0 Å². The number of likely N-dealkylation sites (tertiary alicyclic amines) is 1. The Balaban J connectivity index is 0.00000210. The van der Waals surface area contributed by atoms with Gasteiger partial charge in [-0.15, -0.1) is 23.7 Å². The maximum Gasteiger partial charge on any atom is 0.283 e. The number of benzene rings is 1. The van der Waals surface area contributed by atoms with Gasteiger partial charge in [0, 0.05) is 37.8 Å². The molecule has 0 unspecified atom stereocenters. The average Bonchev–Trinajstić information content (AvgIpc) is 3.23. The number of amides is 1. The third-order valence-corrected chi connectivity index (χ3v) is 6.24. The second-order valence-electron chi connectivity index (χ2n) is 7.17. The summed E-state index contributed by atoms with van der Waals surface area (Å²) in [6.45, 7) is 5.14. The molecule has 0 saturated carbocycles. The molecule has 1 spiro atoms. The van der Waals surface area contributed by atoms with E-state index in [-0.39, 0.29) is 23.9 Å². The van der Waals surface area contributed by atoms with Crippen LogP contribution in [0.5, 0.6) is 0 Å². The summed E-state index contributed by atoms with van der Waals surface area (Å²) < 4.78 is 6.18. The van der Waals surface area contributed by atoms with Gasteiger partial charge >= 0.3 is 0 Å². The first-order valence-electron chi connectivity index (χ1n) is 9.33. The van der Waals surface area contributed by atoms with E-state index in [1.54, 1.807) is 6.20 Å². The fourth-order valence-corrected chi connectivity index (χ4v) is 4.50. The minimum Gasteiger partial charge on any atom is -0.371 e. The van der Waals surface area contributed by atoms with E-state index in [0.29, 0.717) is 24.7 Å². The van der Waals surface area contributed by atoms with Crippen LogP contribution in [0.25, 0.3) is 0 Å². The SMILES string of the molecule is Cl.O=C(c1nccs1)N1CCOC2(CCN(CCc3ccccc3)CC2)C1. The van der Waals surface area contributed by atoms with Crippen LogP contribution in [0.2, 0.25) is 0 Å². The number of halogens is 1. The summed E-state index contributed by atoms with van der Waals surface area (Å²) in [5.41, 5.74) is 1.22. The lowest BCUT2D eigenvalue weighted by molar-refractivity contribution is -0.127. The molecule has 2 aliphatic heterocycles. The molecule has 3 heterocycles. The van der Waals surface area contributed by atoms with E-state index in [2.05, 4.69) is 40.2 Å². The van der Waals surface area contributed by atoms with Crippen LogP contribution >= 0.6 is 23.7 Å². The molecular weight excluding hydrogens is 382 g/mol. The van der Waals surface area contributed by atoms with Gasteiger partial charge in [0.1, 0.15) is 0 Å². The number of hydrogen-bond acceptors (Lipinski definition) is 5. The molecule has 146 valence electrons. The monoisotopic (exact) mass is 407 g/mol. The van der Waals surface area contributed by atoms with Crippen LogP contribution in [0, 0.1) is 0 Å². The van der Waals surface area contributed by atoms with Crippen molar-refractivity contribution >= 4 is 29.7 Å². The Morgan fingerprint density at radius 3 is 2.67 bits per heavy atom. The lowest BCUT2D eigenvalue weighted by atomic mass is 9.89. The molecule has 5 nitrogen and oxygen atoms in total. The number of morpholine rings is 1. The molecule has 27 heavy (non-hydrogen) atoms. The highest BCUT2D eigenvalue weighted by atomic mass is 35.5. The molecule has 0 bridgehead atoms. The molecule has 0 radical (unpaired) electrons. The summed E-state index contributed by atoms with van der Waals surface area (Å²) in [4.78, 5) is 21.2. The predicted molar refractivity (Wildman–Crippen MR) is 110 cm³/mol. The van der Waals surface area contributed by atoms with Crippen molar-refractivity contribution in [2.75, 3.05) is 39.3 Å². The van der Waals surface area contributed by atoms with Gasteiger partial charge in [0.25, 0.3) is 5.91 Å². The summed E-state index contributed by atoms with van der Waals surface area (Å²) in [7, 11) is 0. The highest BCUT2D eigenvalue weighted by Crippen LogP contribution is 2.31. The van der Waals surface area contributed by atoms with Gasteiger partial charge in [-0.05, 0) is 24.8 Å². The zero-order valence-corrected chi connectivity index (χ0v) is 17.0. The van der Waals surface area contributed by atoms with E-state index in [1.165, 1.54) is 16.9 Å². The fraction of sp³-hybridized carbons (Fsp3) is 0.500. The number of rotatable bonds is 4. The number of nitrogens with zero attached hydrogens (tertiary/aromatic N) is 3. The summed E-state index contributed by atoms with van der Waals surface area (Å²) in [5.74, 6) is 0.0502. The Labute approximate surface area is 170 Å². The van der Waals surface area contributed by atoms with Crippen molar-refractivity contribution < 1.29 is 9.53 Å².